The summed E-state index contributed by atoms with van der Waals surface area (Å²) in [6, 6.07) is 10.8. The largest absolute Gasteiger partial charge is 0.454 e. The summed E-state index contributed by atoms with van der Waals surface area (Å²) < 4.78 is 16.8. The van der Waals surface area contributed by atoms with Crippen LogP contribution in [0.5, 0.6) is 0 Å². The van der Waals surface area contributed by atoms with Gasteiger partial charge in [0.15, 0.2) is 18.3 Å². The van der Waals surface area contributed by atoms with Crippen molar-refractivity contribution in [2.45, 2.75) is 82.5 Å². The summed E-state index contributed by atoms with van der Waals surface area (Å²) in [5, 5.41) is 3.03. The van der Waals surface area contributed by atoms with Crippen molar-refractivity contribution in [2.24, 2.45) is 0 Å². The van der Waals surface area contributed by atoms with E-state index in [-0.39, 0.29) is 43.0 Å². The number of H-pyrrole nitrogens is 1. The van der Waals surface area contributed by atoms with E-state index >= 15 is 0 Å². The third-order valence-electron chi connectivity index (χ3n) is 11.7. The second-order valence-corrected chi connectivity index (χ2v) is 15.5. The fourth-order valence-electron chi connectivity index (χ4n) is 8.56. The van der Waals surface area contributed by atoms with E-state index in [0.29, 0.717) is 81.5 Å². The van der Waals surface area contributed by atoms with Crippen molar-refractivity contribution in [3.63, 3.8) is 0 Å². The highest BCUT2D eigenvalue weighted by Gasteiger charge is 2.40. The molecule has 5 heterocycles. The highest BCUT2D eigenvalue weighted by Crippen LogP contribution is 2.29. The van der Waals surface area contributed by atoms with Gasteiger partial charge in [-0.1, -0.05) is 24.3 Å². The Hall–Kier alpha value is -5.38. The molecule has 0 aliphatic carbocycles. The molecule has 0 bridgehead atoms. The van der Waals surface area contributed by atoms with Crippen LogP contribution >= 0.6 is 0 Å². The third kappa shape index (κ3) is 8.54. The number of nitrogens with one attached hydrogen (secondary N) is 2. The van der Waals surface area contributed by atoms with Gasteiger partial charge in [0.05, 0.1) is 5.52 Å². The summed E-state index contributed by atoms with van der Waals surface area (Å²) in [5.74, 6) is -1.59. The fraction of sp³-hybridized carbons (Fsp3) is 0.550. The average Bonchev–Trinajstić information content (AvgIpc) is 3.80. The maximum Gasteiger partial charge on any atom is 0.417 e. The number of benzene rings is 2. The van der Waals surface area contributed by atoms with E-state index in [1.54, 1.807) is 30.0 Å². The predicted octanol–water partition coefficient (Wildman–Crippen LogP) is 3.12. The summed E-state index contributed by atoms with van der Waals surface area (Å²) in [6.07, 6.45) is 2.94. The molecule has 2 unspecified atom stereocenters. The van der Waals surface area contributed by atoms with Crippen LogP contribution in [0.25, 0.3) is 11.1 Å². The summed E-state index contributed by atoms with van der Waals surface area (Å²) in [6.45, 7) is 4.40. The molecule has 2 N–H and O–H groups in total. The highest BCUT2D eigenvalue weighted by molar-refractivity contribution is 5.91. The number of likely N-dealkylation sites (N-methyl/N-ethyl adjacent to an activating group) is 1. The first-order valence-corrected chi connectivity index (χ1v) is 19.6. The van der Waals surface area contributed by atoms with Crippen molar-refractivity contribution in [3.05, 3.63) is 63.6 Å². The first kappa shape index (κ1) is 38.9. The van der Waals surface area contributed by atoms with Crippen LogP contribution in [0, 0.1) is 6.92 Å². The number of nitrogens with zero attached hydrogens (tertiary/aromatic N) is 5. The van der Waals surface area contributed by atoms with E-state index in [4.69, 9.17) is 13.9 Å². The molecule has 2 atom stereocenters. The van der Waals surface area contributed by atoms with Crippen LogP contribution in [0.3, 0.4) is 0 Å². The normalized spacial score (nSPS) is 20.3. The Morgan fingerprint density at radius 2 is 1.62 bits per heavy atom. The van der Waals surface area contributed by atoms with Crippen LogP contribution < -0.4 is 11.1 Å². The third-order valence-corrected chi connectivity index (χ3v) is 11.7. The number of amides is 5. The molecule has 1 aromatic heterocycles. The molecule has 16 nitrogen and oxygen atoms in total. The average molecular weight is 774 g/mol. The highest BCUT2D eigenvalue weighted by atomic mass is 16.6. The van der Waals surface area contributed by atoms with Crippen LogP contribution in [-0.4, -0.2) is 144 Å². The molecule has 0 radical (unpaired) electrons. The quantitative estimate of drug-likeness (QED) is 0.307. The number of aryl methyl sites for hydroxylation is 1. The number of anilines is 1. The fourth-order valence-corrected chi connectivity index (χ4v) is 8.56. The number of piperidine rings is 2. The standard InChI is InChI=1S/C40H51N7O9/c1-25-21-26(22-32-35(25)42-39(52)55-32)23-33(36(49)44-16-11-28(12-17-44)46-15-6-9-31(46)37(50)54-24-34(48)43(2)3)56-40(53)45-18-13-29(14-19-45)47-20-10-27-7-4-5-8-30(27)41-38(47)51/h4-5,7-8,21-22,28-29,31,33H,6,9-20,23-24H2,1-3H3,(H,41,51)(H,42,52). The maximum absolute atomic E-state index is 14.3. The van der Waals surface area contributed by atoms with Crippen molar-refractivity contribution in [3.8, 4) is 0 Å². The van der Waals surface area contributed by atoms with Crippen LogP contribution in [-0.2, 0) is 36.7 Å². The summed E-state index contributed by atoms with van der Waals surface area (Å²) in [7, 11) is 3.22. The Balaban J connectivity index is 0.994. The lowest BCUT2D eigenvalue weighted by molar-refractivity contribution is -0.156. The number of aromatic nitrogens is 1. The predicted molar refractivity (Wildman–Crippen MR) is 205 cm³/mol. The first-order valence-electron chi connectivity index (χ1n) is 19.6. The lowest BCUT2D eigenvalue weighted by atomic mass is 9.99. The van der Waals surface area contributed by atoms with E-state index in [0.717, 1.165) is 36.2 Å². The van der Waals surface area contributed by atoms with Gasteiger partial charge in [0.2, 0.25) is 0 Å². The minimum atomic E-state index is -1.14. The molecule has 3 fully saturated rings. The molecule has 300 valence electrons. The zero-order valence-electron chi connectivity index (χ0n) is 32.3. The number of aromatic amines is 1. The molecule has 4 aliphatic rings. The van der Waals surface area contributed by atoms with Gasteiger partial charge in [-0.3, -0.25) is 24.3 Å². The van der Waals surface area contributed by atoms with Crippen molar-refractivity contribution in [1.82, 2.24) is 29.5 Å². The number of urea groups is 1. The topological polar surface area (TPSA) is 178 Å². The van der Waals surface area contributed by atoms with Crippen LogP contribution in [0.4, 0.5) is 15.3 Å². The number of carbonyl (C=O) groups is 5. The number of likely N-dealkylation sites (tertiary alicyclic amines) is 3. The molecule has 3 saturated heterocycles. The molecule has 0 spiro atoms. The van der Waals surface area contributed by atoms with Gasteiger partial charge in [-0.2, -0.15) is 0 Å². The Bertz CT molecular complexity index is 2010. The molecule has 5 amide bonds. The van der Waals surface area contributed by atoms with Crippen LogP contribution in [0.15, 0.2) is 45.6 Å². The molecular weight excluding hydrogens is 722 g/mol. The lowest BCUT2D eigenvalue weighted by Gasteiger charge is -2.40. The van der Waals surface area contributed by atoms with Gasteiger partial charge in [-0.15, -0.1) is 0 Å². The summed E-state index contributed by atoms with van der Waals surface area (Å²) in [5.41, 5.74) is 4.27. The lowest BCUT2D eigenvalue weighted by Crippen LogP contribution is -2.53. The maximum atomic E-state index is 14.3. The Labute approximate surface area is 325 Å². The zero-order chi connectivity index (χ0) is 39.5. The van der Waals surface area contributed by atoms with Gasteiger partial charge in [-0.05, 0) is 87.2 Å². The number of rotatable bonds is 9. The van der Waals surface area contributed by atoms with E-state index < -0.39 is 30.0 Å². The van der Waals surface area contributed by atoms with E-state index in [1.165, 1.54) is 4.90 Å². The van der Waals surface area contributed by atoms with Gasteiger partial charge in [0, 0.05) is 71.0 Å². The SMILES string of the molecule is Cc1cc(CC(OC(=O)N2CCC(N3CCc4ccccc4NC3=O)CC2)C(=O)N2CCC(N3CCCC3C(=O)OCC(=O)N(C)C)CC2)cc2oc(=O)[nH]c12. The summed E-state index contributed by atoms with van der Waals surface area (Å²) >= 11 is 0. The Morgan fingerprint density at radius 1 is 0.911 bits per heavy atom. The molecule has 56 heavy (non-hydrogen) atoms. The molecular formula is C40H51N7O9. The van der Waals surface area contributed by atoms with Gasteiger partial charge in [0.25, 0.3) is 11.8 Å². The molecule has 3 aromatic rings. The van der Waals surface area contributed by atoms with Crippen molar-refractivity contribution in [2.75, 3.05) is 65.3 Å². The van der Waals surface area contributed by atoms with Crippen molar-refractivity contribution >= 4 is 46.7 Å². The second-order valence-electron chi connectivity index (χ2n) is 15.5. The smallest absolute Gasteiger partial charge is 0.417 e. The monoisotopic (exact) mass is 773 g/mol. The number of oxazole rings is 1. The minimum absolute atomic E-state index is 0.0459. The number of para-hydroxylation sites is 1. The van der Waals surface area contributed by atoms with Gasteiger partial charge >= 0.3 is 23.8 Å². The number of fused-ring (bicyclic) bond motifs is 2. The van der Waals surface area contributed by atoms with E-state index in [2.05, 4.69) is 15.2 Å². The minimum Gasteiger partial charge on any atom is -0.454 e. The molecule has 7 rings (SSSR count). The van der Waals surface area contributed by atoms with E-state index in [1.807, 2.05) is 42.2 Å². The Morgan fingerprint density at radius 3 is 2.38 bits per heavy atom. The molecule has 4 aliphatic heterocycles. The number of esters is 1. The van der Waals surface area contributed by atoms with Gasteiger partial charge < -0.3 is 38.8 Å². The summed E-state index contributed by atoms with van der Waals surface area (Å²) in [4.78, 5) is 89.5. The second kappa shape index (κ2) is 16.8. The zero-order valence-corrected chi connectivity index (χ0v) is 32.3. The number of hydrogen-bond acceptors (Lipinski definition) is 10. The Kier molecular flexibility index (Phi) is 11.6. The first-order chi connectivity index (χ1) is 26.9. The van der Waals surface area contributed by atoms with Gasteiger partial charge in [0.1, 0.15) is 6.04 Å². The van der Waals surface area contributed by atoms with Gasteiger partial charge in [-0.25, -0.2) is 14.4 Å². The molecule has 2 aromatic carbocycles. The van der Waals surface area contributed by atoms with Crippen LogP contribution in [0.1, 0.15) is 55.2 Å². The number of carbonyl (C=O) groups excluding carboxylic acids is 5. The van der Waals surface area contributed by atoms with Crippen molar-refractivity contribution < 1.29 is 37.9 Å². The number of hydrogen-bond donors (Lipinski definition) is 2. The number of ether oxygens (including phenoxy) is 2. The molecule has 16 heteroatoms. The van der Waals surface area contributed by atoms with E-state index in [9.17, 15) is 28.8 Å². The van der Waals surface area contributed by atoms with Crippen LogP contribution in [0.2, 0.25) is 0 Å². The molecule has 0 saturated carbocycles. The van der Waals surface area contributed by atoms with Crippen molar-refractivity contribution in [1.29, 1.82) is 0 Å².